The molecular weight excluding hydrogens is 306 g/mol. The van der Waals surface area contributed by atoms with Crippen LogP contribution in [0.3, 0.4) is 0 Å². The largest absolute Gasteiger partial charge is 0.497 e. The van der Waals surface area contributed by atoms with Crippen molar-refractivity contribution in [3.05, 3.63) is 28.2 Å². The van der Waals surface area contributed by atoms with E-state index in [-0.39, 0.29) is 5.91 Å². The number of benzene rings is 1. The summed E-state index contributed by atoms with van der Waals surface area (Å²) in [6.45, 7) is 3.66. The Labute approximate surface area is 123 Å². The molecule has 0 aromatic heterocycles. The lowest BCUT2D eigenvalue weighted by molar-refractivity contribution is 0.0705. The molecule has 1 fully saturated rings. The molecule has 19 heavy (non-hydrogen) atoms. The first-order valence-electron chi connectivity index (χ1n) is 6.78. The van der Waals surface area contributed by atoms with Crippen LogP contribution < -0.4 is 4.74 Å². The summed E-state index contributed by atoms with van der Waals surface area (Å²) >= 11 is 3.45. The van der Waals surface area contributed by atoms with E-state index in [1.165, 1.54) is 19.3 Å². The number of ether oxygens (including phenoxy) is 1. The SMILES string of the molecule is CCN(CC1CCC1)C(=O)c1cc(OC)ccc1Br. The number of carbonyl (C=O) groups excluding carboxylic acids is 1. The van der Waals surface area contributed by atoms with Crippen molar-refractivity contribution in [2.75, 3.05) is 20.2 Å². The maximum Gasteiger partial charge on any atom is 0.255 e. The third-order valence-corrected chi connectivity index (χ3v) is 4.47. The molecule has 1 aliphatic carbocycles. The van der Waals surface area contributed by atoms with E-state index < -0.39 is 0 Å². The zero-order valence-electron chi connectivity index (χ0n) is 11.5. The van der Waals surface area contributed by atoms with Crippen LogP contribution in [0.1, 0.15) is 36.5 Å². The van der Waals surface area contributed by atoms with E-state index in [2.05, 4.69) is 15.9 Å². The quantitative estimate of drug-likeness (QED) is 0.825. The average molecular weight is 326 g/mol. The minimum atomic E-state index is 0.0835. The molecule has 0 spiro atoms. The molecule has 104 valence electrons. The lowest BCUT2D eigenvalue weighted by Crippen LogP contribution is -2.37. The normalized spacial score (nSPS) is 14.9. The molecular formula is C15H20BrNO2. The van der Waals surface area contributed by atoms with E-state index >= 15 is 0 Å². The Morgan fingerprint density at radius 2 is 2.21 bits per heavy atom. The van der Waals surface area contributed by atoms with Crippen molar-refractivity contribution in [1.82, 2.24) is 4.90 Å². The van der Waals surface area contributed by atoms with Gasteiger partial charge in [-0.05, 0) is 59.8 Å². The first-order valence-corrected chi connectivity index (χ1v) is 7.57. The highest BCUT2D eigenvalue weighted by molar-refractivity contribution is 9.10. The summed E-state index contributed by atoms with van der Waals surface area (Å²) in [4.78, 5) is 14.5. The van der Waals surface area contributed by atoms with Crippen LogP contribution in [0.15, 0.2) is 22.7 Å². The monoisotopic (exact) mass is 325 g/mol. The Morgan fingerprint density at radius 3 is 2.74 bits per heavy atom. The smallest absolute Gasteiger partial charge is 0.255 e. The molecule has 1 aromatic carbocycles. The molecule has 0 bridgehead atoms. The van der Waals surface area contributed by atoms with Gasteiger partial charge >= 0.3 is 0 Å². The fourth-order valence-corrected chi connectivity index (χ4v) is 2.72. The van der Waals surface area contributed by atoms with Crippen molar-refractivity contribution in [1.29, 1.82) is 0 Å². The van der Waals surface area contributed by atoms with E-state index in [0.717, 1.165) is 17.6 Å². The van der Waals surface area contributed by atoms with Crippen molar-refractivity contribution in [2.45, 2.75) is 26.2 Å². The summed E-state index contributed by atoms with van der Waals surface area (Å²) in [6.07, 6.45) is 3.81. The molecule has 0 aliphatic heterocycles. The molecule has 3 nitrogen and oxygen atoms in total. The van der Waals surface area contributed by atoms with Crippen LogP contribution in [0, 0.1) is 5.92 Å². The van der Waals surface area contributed by atoms with E-state index in [9.17, 15) is 4.79 Å². The van der Waals surface area contributed by atoms with Gasteiger partial charge in [-0.15, -0.1) is 0 Å². The van der Waals surface area contributed by atoms with E-state index in [1.54, 1.807) is 13.2 Å². The van der Waals surface area contributed by atoms with Gasteiger partial charge in [-0.1, -0.05) is 6.42 Å². The topological polar surface area (TPSA) is 29.5 Å². The summed E-state index contributed by atoms with van der Waals surface area (Å²) in [6, 6.07) is 5.52. The minimum absolute atomic E-state index is 0.0835. The average Bonchev–Trinajstić information content (AvgIpc) is 2.38. The summed E-state index contributed by atoms with van der Waals surface area (Å²) in [5.74, 6) is 1.49. The number of amides is 1. The van der Waals surface area contributed by atoms with Crippen LogP contribution in [0.2, 0.25) is 0 Å². The zero-order valence-corrected chi connectivity index (χ0v) is 13.1. The van der Waals surface area contributed by atoms with Crippen molar-refractivity contribution < 1.29 is 9.53 Å². The summed E-state index contributed by atoms with van der Waals surface area (Å²) < 4.78 is 6.02. The van der Waals surface area contributed by atoms with Crippen molar-refractivity contribution >= 4 is 21.8 Å². The van der Waals surface area contributed by atoms with Gasteiger partial charge in [-0.3, -0.25) is 4.79 Å². The van der Waals surface area contributed by atoms with Crippen molar-refractivity contribution in [3.8, 4) is 5.75 Å². The molecule has 0 unspecified atom stereocenters. The van der Waals surface area contributed by atoms with E-state index in [0.29, 0.717) is 17.2 Å². The second-order valence-corrected chi connectivity index (χ2v) is 5.84. The number of nitrogens with zero attached hydrogens (tertiary/aromatic N) is 1. The Balaban J connectivity index is 2.15. The minimum Gasteiger partial charge on any atom is -0.497 e. The maximum atomic E-state index is 12.6. The first kappa shape index (κ1) is 14.4. The summed E-state index contributed by atoms with van der Waals surface area (Å²) in [7, 11) is 1.61. The van der Waals surface area contributed by atoms with Gasteiger partial charge < -0.3 is 9.64 Å². The van der Waals surface area contributed by atoms with Crippen molar-refractivity contribution in [3.63, 3.8) is 0 Å². The Hall–Kier alpha value is -1.03. The predicted octanol–water partition coefficient (Wildman–Crippen LogP) is 3.72. The highest BCUT2D eigenvalue weighted by Gasteiger charge is 2.24. The molecule has 1 amide bonds. The number of methoxy groups -OCH3 is 1. The van der Waals surface area contributed by atoms with Gasteiger partial charge in [0.2, 0.25) is 0 Å². The summed E-state index contributed by atoms with van der Waals surface area (Å²) in [5.41, 5.74) is 0.681. The second-order valence-electron chi connectivity index (χ2n) is 4.99. The molecule has 0 saturated heterocycles. The molecule has 0 radical (unpaired) electrons. The zero-order chi connectivity index (χ0) is 13.8. The molecule has 1 saturated carbocycles. The van der Waals surface area contributed by atoms with E-state index in [1.807, 2.05) is 24.0 Å². The molecule has 0 heterocycles. The van der Waals surface area contributed by atoms with Crippen LogP contribution in [0.4, 0.5) is 0 Å². The predicted molar refractivity (Wildman–Crippen MR) is 79.6 cm³/mol. The Kier molecular flexibility index (Phi) is 4.86. The molecule has 1 aromatic rings. The van der Waals surface area contributed by atoms with Gasteiger partial charge in [-0.2, -0.15) is 0 Å². The van der Waals surface area contributed by atoms with Gasteiger partial charge in [-0.25, -0.2) is 0 Å². The molecule has 4 heteroatoms. The Bertz CT molecular complexity index is 457. The number of hydrogen-bond donors (Lipinski definition) is 0. The van der Waals surface area contributed by atoms with Gasteiger partial charge in [0.05, 0.1) is 12.7 Å². The second kappa shape index (κ2) is 6.42. The van der Waals surface area contributed by atoms with Gasteiger partial charge in [0.15, 0.2) is 0 Å². The van der Waals surface area contributed by atoms with Crippen molar-refractivity contribution in [2.24, 2.45) is 5.92 Å². The van der Waals surface area contributed by atoms with Crippen LogP contribution in [-0.4, -0.2) is 31.0 Å². The highest BCUT2D eigenvalue weighted by Crippen LogP contribution is 2.29. The van der Waals surface area contributed by atoms with Crippen LogP contribution in [0.25, 0.3) is 0 Å². The highest BCUT2D eigenvalue weighted by atomic mass is 79.9. The fourth-order valence-electron chi connectivity index (χ4n) is 2.31. The molecule has 0 N–H and O–H groups in total. The lowest BCUT2D eigenvalue weighted by atomic mass is 9.85. The molecule has 1 aliphatic rings. The molecule has 0 atom stereocenters. The van der Waals surface area contributed by atoms with E-state index in [4.69, 9.17) is 4.74 Å². The molecule has 2 rings (SSSR count). The van der Waals surface area contributed by atoms with Crippen LogP contribution >= 0.6 is 15.9 Å². The van der Waals surface area contributed by atoms with Gasteiger partial charge in [0.1, 0.15) is 5.75 Å². The maximum absolute atomic E-state index is 12.6. The third-order valence-electron chi connectivity index (χ3n) is 3.78. The number of hydrogen-bond acceptors (Lipinski definition) is 2. The van der Waals surface area contributed by atoms with Gasteiger partial charge in [0.25, 0.3) is 5.91 Å². The fraction of sp³-hybridized carbons (Fsp3) is 0.533. The Morgan fingerprint density at radius 1 is 1.47 bits per heavy atom. The lowest BCUT2D eigenvalue weighted by Gasteiger charge is -2.32. The standard InChI is InChI=1S/C15H20BrNO2/c1-3-17(10-11-5-4-6-11)15(18)13-9-12(19-2)7-8-14(13)16/h7-9,11H,3-6,10H2,1-2H3. The number of rotatable bonds is 5. The van der Waals surface area contributed by atoms with Gasteiger partial charge in [0, 0.05) is 17.6 Å². The number of halogens is 1. The van der Waals surface area contributed by atoms with Crippen LogP contribution in [-0.2, 0) is 0 Å². The first-order chi connectivity index (χ1) is 9.15. The number of carbonyl (C=O) groups is 1. The summed E-state index contributed by atoms with van der Waals surface area (Å²) in [5, 5.41) is 0. The third kappa shape index (κ3) is 3.30. The van der Waals surface area contributed by atoms with Crippen LogP contribution in [0.5, 0.6) is 5.75 Å².